The van der Waals surface area contributed by atoms with Gasteiger partial charge in [0.05, 0.1) is 31.3 Å². The lowest BCUT2D eigenvalue weighted by Gasteiger charge is -2.16. The van der Waals surface area contributed by atoms with Crippen molar-refractivity contribution in [1.29, 1.82) is 0 Å². The zero-order valence-corrected chi connectivity index (χ0v) is 18.4. The van der Waals surface area contributed by atoms with Gasteiger partial charge in [0.25, 0.3) is 5.91 Å². The lowest BCUT2D eigenvalue weighted by Crippen LogP contribution is -2.16. The van der Waals surface area contributed by atoms with E-state index in [1.54, 1.807) is 36.4 Å². The molecule has 7 nitrogen and oxygen atoms in total. The Labute approximate surface area is 182 Å². The topological polar surface area (TPSA) is 89.5 Å². The number of aryl methyl sites for hydroxylation is 1. The average molecular weight is 444 g/mol. The molecular formula is C21H21N3O4S2. The van der Waals surface area contributed by atoms with E-state index < -0.39 is 0 Å². The van der Waals surface area contributed by atoms with E-state index in [2.05, 4.69) is 15.6 Å². The van der Waals surface area contributed by atoms with Gasteiger partial charge in [0.1, 0.15) is 11.5 Å². The Balaban J connectivity index is 1.73. The second-order valence-electron chi connectivity index (χ2n) is 6.16. The van der Waals surface area contributed by atoms with Crippen molar-refractivity contribution in [1.82, 2.24) is 4.98 Å². The highest BCUT2D eigenvalue weighted by atomic mass is 32.2. The molecule has 0 saturated carbocycles. The molecule has 0 aliphatic rings. The van der Waals surface area contributed by atoms with Crippen LogP contribution in [-0.2, 0) is 4.79 Å². The number of aromatic nitrogens is 1. The van der Waals surface area contributed by atoms with Gasteiger partial charge in [0.2, 0.25) is 5.91 Å². The van der Waals surface area contributed by atoms with Crippen molar-refractivity contribution in [2.75, 3.05) is 30.6 Å². The molecule has 0 aliphatic carbocycles. The number of methoxy groups -OCH3 is 2. The molecule has 0 radical (unpaired) electrons. The minimum absolute atomic E-state index is 0.200. The van der Waals surface area contributed by atoms with Gasteiger partial charge in [-0.25, -0.2) is 4.98 Å². The fourth-order valence-corrected chi connectivity index (χ4v) is 4.24. The molecule has 0 atom stereocenters. The van der Waals surface area contributed by atoms with Crippen molar-refractivity contribution in [3.8, 4) is 11.5 Å². The molecule has 0 bridgehead atoms. The summed E-state index contributed by atoms with van der Waals surface area (Å²) in [4.78, 5) is 29.2. The number of nitrogens with zero attached hydrogens (tertiary/aromatic N) is 1. The quantitative estimate of drug-likeness (QED) is 0.500. The summed E-state index contributed by atoms with van der Waals surface area (Å²) in [5.74, 6) is 0.545. The SMILES string of the molecule is COc1cc(NC(=O)c2ccccc2)c(OC)cc1NC(=O)CSc1nc(C)cs1. The monoisotopic (exact) mass is 443 g/mol. The number of hydrogen-bond donors (Lipinski definition) is 2. The van der Waals surface area contributed by atoms with E-state index in [-0.39, 0.29) is 17.6 Å². The number of benzene rings is 2. The number of amides is 2. The van der Waals surface area contributed by atoms with Crippen LogP contribution in [0.25, 0.3) is 0 Å². The van der Waals surface area contributed by atoms with Gasteiger partial charge in [-0.15, -0.1) is 11.3 Å². The summed E-state index contributed by atoms with van der Waals surface area (Å²) in [7, 11) is 2.99. The van der Waals surface area contributed by atoms with Gasteiger partial charge in [-0.2, -0.15) is 0 Å². The highest BCUT2D eigenvalue weighted by Gasteiger charge is 2.16. The molecule has 0 unspecified atom stereocenters. The van der Waals surface area contributed by atoms with Crippen molar-refractivity contribution in [3.63, 3.8) is 0 Å². The van der Waals surface area contributed by atoms with Crippen LogP contribution >= 0.6 is 23.1 Å². The second-order valence-corrected chi connectivity index (χ2v) is 8.25. The number of anilines is 2. The van der Waals surface area contributed by atoms with Crippen molar-refractivity contribution in [2.45, 2.75) is 11.3 Å². The zero-order chi connectivity index (χ0) is 21.5. The van der Waals surface area contributed by atoms with Crippen LogP contribution in [0.3, 0.4) is 0 Å². The number of carbonyl (C=O) groups is 2. The van der Waals surface area contributed by atoms with Gasteiger partial charge in [-0.3, -0.25) is 9.59 Å². The maximum Gasteiger partial charge on any atom is 0.255 e. The molecule has 0 fully saturated rings. The third-order valence-corrected chi connectivity index (χ3v) is 6.14. The molecule has 0 aliphatic heterocycles. The molecule has 9 heteroatoms. The van der Waals surface area contributed by atoms with Crippen molar-refractivity contribution in [3.05, 3.63) is 59.1 Å². The van der Waals surface area contributed by atoms with Crippen LogP contribution in [0.1, 0.15) is 16.1 Å². The van der Waals surface area contributed by atoms with Crippen LogP contribution < -0.4 is 20.1 Å². The molecule has 156 valence electrons. The Hall–Kier alpha value is -3.04. The number of ether oxygens (including phenoxy) is 2. The Morgan fingerprint density at radius 1 is 1.03 bits per heavy atom. The highest BCUT2D eigenvalue weighted by molar-refractivity contribution is 8.01. The highest BCUT2D eigenvalue weighted by Crippen LogP contribution is 2.37. The van der Waals surface area contributed by atoms with Crippen molar-refractivity contribution in [2.24, 2.45) is 0 Å². The molecular weight excluding hydrogens is 422 g/mol. The summed E-state index contributed by atoms with van der Waals surface area (Å²) >= 11 is 2.87. The number of hydrogen-bond acceptors (Lipinski definition) is 7. The lowest BCUT2D eigenvalue weighted by atomic mass is 10.2. The van der Waals surface area contributed by atoms with E-state index in [1.165, 1.54) is 37.3 Å². The Kier molecular flexibility index (Phi) is 7.31. The maximum absolute atomic E-state index is 12.5. The molecule has 1 heterocycles. The van der Waals surface area contributed by atoms with Gasteiger partial charge in [-0.05, 0) is 19.1 Å². The third-order valence-electron chi connectivity index (χ3n) is 4.00. The fraction of sp³-hybridized carbons (Fsp3) is 0.190. The third kappa shape index (κ3) is 5.52. The molecule has 1 aromatic heterocycles. The van der Waals surface area contributed by atoms with E-state index in [1.807, 2.05) is 18.4 Å². The van der Waals surface area contributed by atoms with Crippen LogP contribution in [0.4, 0.5) is 11.4 Å². The number of thiazole rings is 1. The van der Waals surface area contributed by atoms with Gasteiger partial charge in [0.15, 0.2) is 4.34 Å². The van der Waals surface area contributed by atoms with E-state index in [0.717, 1.165) is 10.0 Å². The standard InChI is InChI=1S/C21H21N3O4S2/c1-13-11-29-21(22-13)30-12-19(25)23-15-9-18(28-3)16(10-17(15)27-2)24-20(26)14-7-5-4-6-8-14/h4-11H,12H2,1-3H3,(H,23,25)(H,24,26). The van der Waals surface area contributed by atoms with Crippen LogP contribution in [0.2, 0.25) is 0 Å². The first kappa shape index (κ1) is 21.7. The van der Waals surface area contributed by atoms with Crippen LogP contribution in [-0.4, -0.2) is 36.8 Å². The minimum Gasteiger partial charge on any atom is -0.494 e. The Morgan fingerprint density at radius 3 is 2.23 bits per heavy atom. The molecule has 0 spiro atoms. The average Bonchev–Trinajstić information content (AvgIpc) is 3.18. The first-order valence-corrected chi connectivity index (χ1v) is 10.8. The minimum atomic E-state index is -0.275. The van der Waals surface area contributed by atoms with Crippen molar-refractivity contribution < 1.29 is 19.1 Å². The molecule has 3 rings (SSSR count). The summed E-state index contributed by atoms with van der Waals surface area (Å²) in [6.45, 7) is 1.91. The van der Waals surface area contributed by atoms with E-state index in [0.29, 0.717) is 28.4 Å². The molecule has 30 heavy (non-hydrogen) atoms. The number of rotatable bonds is 8. The Morgan fingerprint density at radius 2 is 1.67 bits per heavy atom. The first-order valence-electron chi connectivity index (χ1n) is 8.97. The summed E-state index contributed by atoms with van der Waals surface area (Å²) in [6.07, 6.45) is 0. The number of carbonyl (C=O) groups excluding carboxylic acids is 2. The second kappa shape index (κ2) is 10.1. The molecule has 0 saturated heterocycles. The Bertz CT molecular complexity index is 1040. The molecule has 2 N–H and O–H groups in total. The van der Waals surface area contributed by atoms with Crippen LogP contribution in [0.15, 0.2) is 52.2 Å². The summed E-state index contributed by atoms with van der Waals surface area (Å²) in [5, 5.41) is 7.58. The fourth-order valence-electron chi connectivity index (χ4n) is 2.59. The largest absolute Gasteiger partial charge is 0.494 e. The normalized spacial score (nSPS) is 10.4. The van der Waals surface area contributed by atoms with Gasteiger partial charge in [0, 0.05) is 28.8 Å². The summed E-state index contributed by atoms with van der Waals surface area (Å²) in [6, 6.07) is 12.1. The van der Waals surface area contributed by atoms with Crippen LogP contribution in [0.5, 0.6) is 11.5 Å². The van der Waals surface area contributed by atoms with Gasteiger partial charge >= 0.3 is 0 Å². The van der Waals surface area contributed by atoms with Crippen molar-refractivity contribution >= 4 is 46.3 Å². The first-order chi connectivity index (χ1) is 14.5. The van der Waals surface area contributed by atoms with E-state index in [4.69, 9.17) is 9.47 Å². The smallest absolute Gasteiger partial charge is 0.255 e. The summed E-state index contributed by atoms with van der Waals surface area (Å²) < 4.78 is 11.6. The lowest BCUT2D eigenvalue weighted by molar-refractivity contribution is -0.113. The van der Waals surface area contributed by atoms with Gasteiger partial charge < -0.3 is 20.1 Å². The predicted octanol–water partition coefficient (Wildman–Crippen LogP) is 4.45. The van der Waals surface area contributed by atoms with E-state index >= 15 is 0 Å². The molecule has 2 aromatic carbocycles. The number of nitrogens with one attached hydrogen (secondary N) is 2. The number of thioether (sulfide) groups is 1. The molecule has 2 amide bonds. The summed E-state index contributed by atoms with van der Waals surface area (Å²) in [5.41, 5.74) is 2.34. The zero-order valence-electron chi connectivity index (χ0n) is 16.7. The predicted molar refractivity (Wildman–Crippen MR) is 120 cm³/mol. The maximum atomic E-state index is 12.5. The molecule has 3 aromatic rings. The van der Waals surface area contributed by atoms with Gasteiger partial charge in [-0.1, -0.05) is 30.0 Å². The van der Waals surface area contributed by atoms with Crippen LogP contribution in [0, 0.1) is 6.92 Å². The van der Waals surface area contributed by atoms with E-state index in [9.17, 15) is 9.59 Å².